The van der Waals surface area contributed by atoms with Crippen molar-refractivity contribution in [2.45, 2.75) is 27.2 Å². The first-order valence-electron chi connectivity index (χ1n) is 4.80. The van der Waals surface area contributed by atoms with Crippen LogP contribution in [-0.4, -0.2) is 5.78 Å². The molecule has 0 heterocycles. The van der Waals surface area contributed by atoms with Crippen molar-refractivity contribution in [1.82, 2.24) is 0 Å². The summed E-state index contributed by atoms with van der Waals surface area (Å²) in [5.41, 5.74) is 1.80. The predicted octanol–water partition coefficient (Wildman–Crippen LogP) is 3.74. The Labute approximate surface area is 90.1 Å². The van der Waals surface area contributed by atoms with Crippen LogP contribution in [0.2, 0.25) is 5.02 Å². The number of rotatable bonds is 3. The molecule has 1 rings (SSSR count). The van der Waals surface area contributed by atoms with Gasteiger partial charge in [-0.15, -0.1) is 0 Å². The quantitative estimate of drug-likeness (QED) is 0.695. The minimum atomic E-state index is 0.0583. The highest BCUT2D eigenvalue weighted by Crippen LogP contribution is 2.21. The van der Waals surface area contributed by atoms with E-state index in [-0.39, 0.29) is 5.78 Å². The zero-order valence-corrected chi connectivity index (χ0v) is 9.56. The van der Waals surface area contributed by atoms with Gasteiger partial charge in [0.25, 0.3) is 0 Å². The summed E-state index contributed by atoms with van der Waals surface area (Å²) in [5, 5.41) is 0.700. The summed E-state index contributed by atoms with van der Waals surface area (Å²) in [4.78, 5) is 11.1. The standard InChI is InChI=1S/C12H15ClO/c1-8(2)6-11-5-4-10(9(3)14)7-12(11)13/h4-5,7-8H,6H2,1-3H3. The van der Waals surface area contributed by atoms with E-state index in [0.29, 0.717) is 16.5 Å². The number of Topliss-reactive ketones (excluding diaryl/α,β-unsaturated/α-hetero) is 1. The predicted molar refractivity (Wildman–Crippen MR) is 60.0 cm³/mol. The first kappa shape index (κ1) is 11.3. The molecule has 0 saturated heterocycles. The summed E-state index contributed by atoms with van der Waals surface area (Å²) in [6.45, 7) is 5.85. The van der Waals surface area contributed by atoms with Gasteiger partial charge in [0, 0.05) is 10.6 Å². The van der Waals surface area contributed by atoms with Gasteiger partial charge in [0.1, 0.15) is 0 Å². The number of ketones is 1. The molecule has 1 aromatic carbocycles. The molecular formula is C12H15ClO. The van der Waals surface area contributed by atoms with Gasteiger partial charge >= 0.3 is 0 Å². The minimum Gasteiger partial charge on any atom is -0.295 e. The largest absolute Gasteiger partial charge is 0.295 e. The molecule has 0 aromatic heterocycles. The average Bonchev–Trinajstić information content (AvgIpc) is 2.07. The van der Waals surface area contributed by atoms with Crippen LogP contribution in [0.25, 0.3) is 0 Å². The molecule has 0 saturated carbocycles. The summed E-state index contributed by atoms with van der Waals surface area (Å²) in [6.07, 6.45) is 0.955. The molecule has 76 valence electrons. The van der Waals surface area contributed by atoms with Gasteiger partial charge in [-0.1, -0.05) is 37.6 Å². The van der Waals surface area contributed by atoms with E-state index in [9.17, 15) is 4.79 Å². The van der Waals surface area contributed by atoms with Crippen LogP contribution in [0.1, 0.15) is 36.7 Å². The Kier molecular flexibility index (Phi) is 3.70. The Morgan fingerprint density at radius 3 is 2.50 bits per heavy atom. The van der Waals surface area contributed by atoms with Crippen molar-refractivity contribution in [3.05, 3.63) is 34.3 Å². The molecule has 0 amide bonds. The van der Waals surface area contributed by atoms with Crippen molar-refractivity contribution in [3.8, 4) is 0 Å². The van der Waals surface area contributed by atoms with Gasteiger partial charge in [-0.05, 0) is 30.9 Å². The van der Waals surface area contributed by atoms with E-state index in [4.69, 9.17) is 11.6 Å². The lowest BCUT2D eigenvalue weighted by atomic mass is 10.0. The first-order valence-corrected chi connectivity index (χ1v) is 5.18. The highest BCUT2D eigenvalue weighted by Gasteiger charge is 2.06. The Morgan fingerprint density at radius 1 is 1.43 bits per heavy atom. The molecule has 14 heavy (non-hydrogen) atoms. The molecule has 2 heteroatoms. The van der Waals surface area contributed by atoms with Crippen LogP contribution in [0.15, 0.2) is 18.2 Å². The molecule has 0 spiro atoms. The van der Waals surface area contributed by atoms with E-state index in [2.05, 4.69) is 13.8 Å². The minimum absolute atomic E-state index is 0.0583. The lowest BCUT2D eigenvalue weighted by Gasteiger charge is -2.07. The molecular weight excluding hydrogens is 196 g/mol. The van der Waals surface area contributed by atoms with Crippen LogP contribution in [-0.2, 0) is 6.42 Å². The van der Waals surface area contributed by atoms with Crippen molar-refractivity contribution in [2.24, 2.45) is 5.92 Å². The average molecular weight is 211 g/mol. The van der Waals surface area contributed by atoms with E-state index >= 15 is 0 Å². The van der Waals surface area contributed by atoms with E-state index in [1.165, 1.54) is 0 Å². The van der Waals surface area contributed by atoms with Crippen molar-refractivity contribution >= 4 is 17.4 Å². The number of hydrogen-bond acceptors (Lipinski definition) is 1. The second-order valence-corrected chi connectivity index (χ2v) is 4.37. The Morgan fingerprint density at radius 2 is 2.07 bits per heavy atom. The van der Waals surface area contributed by atoms with E-state index < -0.39 is 0 Å². The van der Waals surface area contributed by atoms with E-state index in [1.54, 1.807) is 13.0 Å². The van der Waals surface area contributed by atoms with Gasteiger partial charge in [-0.25, -0.2) is 0 Å². The van der Waals surface area contributed by atoms with Crippen molar-refractivity contribution in [2.75, 3.05) is 0 Å². The SMILES string of the molecule is CC(=O)c1ccc(CC(C)C)c(Cl)c1. The van der Waals surface area contributed by atoms with Crippen LogP contribution in [0, 0.1) is 5.92 Å². The van der Waals surface area contributed by atoms with Crippen LogP contribution < -0.4 is 0 Å². The summed E-state index contributed by atoms with van der Waals surface area (Å²) >= 11 is 6.07. The van der Waals surface area contributed by atoms with Crippen molar-refractivity contribution < 1.29 is 4.79 Å². The van der Waals surface area contributed by atoms with Gasteiger partial charge < -0.3 is 0 Å². The molecule has 0 aliphatic rings. The molecule has 0 radical (unpaired) electrons. The molecule has 0 fully saturated rings. The zero-order chi connectivity index (χ0) is 10.7. The monoisotopic (exact) mass is 210 g/mol. The maximum atomic E-state index is 11.1. The van der Waals surface area contributed by atoms with Crippen molar-refractivity contribution in [3.63, 3.8) is 0 Å². The smallest absolute Gasteiger partial charge is 0.159 e. The number of carbonyl (C=O) groups excluding carboxylic acids is 1. The Bertz CT molecular complexity index is 342. The Balaban J connectivity index is 2.95. The molecule has 1 aromatic rings. The fourth-order valence-electron chi connectivity index (χ4n) is 1.37. The second-order valence-electron chi connectivity index (χ2n) is 3.96. The third-order valence-electron chi connectivity index (χ3n) is 2.09. The number of halogens is 1. The molecule has 1 nitrogen and oxygen atoms in total. The van der Waals surface area contributed by atoms with Gasteiger partial charge in [0.2, 0.25) is 0 Å². The number of benzene rings is 1. The molecule has 0 N–H and O–H groups in total. The maximum absolute atomic E-state index is 11.1. The zero-order valence-electron chi connectivity index (χ0n) is 8.80. The Hall–Kier alpha value is -0.820. The van der Waals surface area contributed by atoms with Gasteiger partial charge in [0.05, 0.1) is 0 Å². The molecule has 0 atom stereocenters. The van der Waals surface area contributed by atoms with Gasteiger partial charge in [-0.2, -0.15) is 0 Å². The summed E-state index contributed by atoms with van der Waals surface area (Å²) in [5.74, 6) is 0.638. The van der Waals surface area contributed by atoms with E-state index in [1.807, 2.05) is 12.1 Å². The third-order valence-corrected chi connectivity index (χ3v) is 2.44. The first-order chi connectivity index (χ1) is 6.50. The summed E-state index contributed by atoms with van der Waals surface area (Å²) in [6, 6.07) is 5.53. The fraction of sp³-hybridized carbons (Fsp3) is 0.417. The van der Waals surface area contributed by atoms with E-state index in [0.717, 1.165) is 12.0 Å². The lowest BCUT2D eigenvalue weighted by Crippen LogP contribution is -1.97. The van der Waals surface area contributed by atoms with Gasteiger partial charge in [-0.3, -0.25) is 4.79 Å². The van der Waals surface area contributed by atoms with Crippen LogP contribution in [0.5, 0.6) is 0 Å². The lowest BCUT2D eigenvalue weighted by molar-refractivity contribution is 0.101. The number of hydrogen-bond donors (Lipinski definition) is 0. The number of carbonyl (C=O) groups is 1. The van der Waals surface area contributed by atoms with Crippen LogP contribution in [0.4, 0.5) is 0 Å². The van der Waals surface area contributed by atoms with Gasteiger partial charge in [0.15, 0.2) is 5.78 Å². The molecule has 0 bridgehead atoms. The molecule has 0 unspecified atom stereocenters. The molecule has 0 aliphatic heterocycles. The maximum Gasteiger partial charge on any atom is 0.159 e. The van der Waals surface area contributed by atoms with Crippen LogP contribution in [0.3, 0.4) is 0 Å². The molecule has 0 aliphatic carbocycles. The highest BCUT2D eigenvalue weighted by molar-refractivity contribution is 6.31. The topological polar surface area (TPSA) is 17.1 Å². The third kappa shape index (κ3) is 2.85. The van der Waals surface area contributed by atoms with Crippen molar-refractivity contribution in [1.29, 1.82) is 0 Å². The fourth-order valence-corrected chi connectivity index (χ4v) is 1.63. The second kappa shape index (κ2) is 4.61. The van der Waals surface area contributed by atoms with Crippen LogP contribution >= 0.6 is 11.6 Å². The summed E-state index contributed by atoms with van der Waals surface area (Å²) < 4.78 is 0. The summed E-state index contributed by atoms with van der Waals surface area (Å²) in [7, 11) is 0. The normalized spacial score (nSPS) is 10.6. The highest BCUT2D eigenvalue weighted by atomic mass is 35.5.